The molecule has 7 N–H and O–H groups in total. The van der Waals surface area contributed by atoms with E-state index in [0.29, 0.717) is 6.04 Å². The molecule has 3 heterocycles. The van der Waals surface area contributed by atoms with Crippen molar-refractivity contribution >= 4 is 17.3 Å². The molecule has 0 bridgehead atoms. The van der Waals surface area contributed by atoms with Gasteiger partial charge in [0.1, 0.15) is 5.82 Å². The summed E-state index contributed by atoms with van der Waals surface area (Å²) in [6.07, 6.45) is 6.76. The standard InChI is InChI=1S/C23H29F2N9/c1-13-5-6-19(21(25)20(13)24)34(28)23(31-27)17-10-15(11-30-22(17)26)18-12-33(32-14(18)2)16-4-3-8-29-9-7-16/h5-6,10-12,16,29H,3-4,7-9,27-28H2,1-2H3,(H2,26,30)/b31-23-. The number of hydrogen-bond donors (Lipinski definition) is 4. The van der Waals surface area contributed by atoms with Crippen LogP contribution in [0.2, 0.25) is 0 Å². The highest BCUT2D eigenvalue weighted by Crippen LogP contribution is 2.30. The second-order valence-corrected chi connectivity index (χ2v) is 8.45. The fourth-order valence-corrected chi connectivity index (χ4v) is 4.22. The van der Waals surface area contributed by atoms with Crippen molar-refractivity contribution in [3.05, 3.63) is 59.0 Å². The van der Waals surface area contributed by atoms with Crippen molar-refractivity contribution in [3.63, 3.8) is 0 Å². The van der Waals surface area contributed by atoms with E-state index in [2.05, 4.69) is 15.4 Å². The molecule has 0 amide bonds. The first-order valence-electron chi connectivity index (χ1n) is 11.1. The number of hydrazone groups is 1. The number of hydrogen-bond acceptors (Lipinski definition) is 7. The first-order chi connectivity index (χ1) is 16.3. The minimum atomic E-state index is -1.11. The van der Waals surface area contributed by atoms with Gasteiger partial charge in [0, 0.05) is 23.5 Å². The topological polar surface area (TPSA) is 136 Å². The lowest BCUT2D eigenvalue weighted by molar-refractivity contribution is 0.413. The first-order valence-corrected chi connectivity index (χ1v) is 11.1. The molecule has 1 unspecified atom stereocenters. The summed E-state index contributed by atoms with van der Waals surface area (Å²) < 4.78 is 30.7. The molecule has 9 nitrogen and oxygen atoms in total. The number of anilines is 2. The Morgan fingerprint density at radius 2 is 2.00 bits per heavy atom. The van der Waals surface area contributed by atoms with E-state index in [4.69, 9.17) is 22.5 Å². The summed E-state index contributed by atoms with van der Waals surface area (Å²) in [6.45, 7) is 5.34. The number of nitrogens with two attached hydrogens (primary N) is 3. The predicted molar refractivity (Wildman–Crippen MR) is 129 cm³/mol. The summed E-state index contributed by atoms with van der Waals surface area (Å²) in [7, 11) is 0. The van der Waals surface area contributed by atoms with Crippen LogP contribution in [-0.4, -0.2) is 33.7 Å². The Balaban J connectivity index is 1.70. The van der Waals surface area contributed by atoms with Crippen LogP contribution in [0.5, 0.6) is 0 Å². The summed E-state index contributed by atoms with van der Waals surface area (Å²) in [5.41, 5.74) is 8.74. The van der Waals surface area contributed by atoms with Gasteiger partial charge in [-0.1, -0.05) is 6.07 Å². The predicted octanol–water partition coefficient (Wildman–Crippen LogP) is 2.74. The summed E-state index contributed by atoms with van der Waals surface area (Å²) >= 11 is 0. The minimum Gasteiger partial charge on any atom is -0.383 e. The maximum Gasteiger partial charge on any atom is 0.184 e. The minimum absolute atomic E-state index is 0.0612. The maximum absolute atomic E-state index is 14.6. The summed E-state index contributed by atoms with van der Waals surface area (Å²) in [5.74, 6) is 9.65. The van der Waals surface area contributed by atoms with Gasteiger partial charge in [-0.2, -0.15) is 10.2 Å². The molecular weight excluding hydrogens is 440 g/mol. The average molecular weight is 470 g/mol. The number of nitrogens with zero attached hydrogens (tertiary/aromatic N) is 5. The molecule has 0 aliphatic carbocycles. The zero-order valence-electron chi connectivity index (χ0n) is 19.2. The van der Waals surface area contributed by atoms with Gasteiger partial charge in [0.15, 0.2) is 17.5 Å². The lowest BCUT2D eigenvalue weighted by Gasteiger charge is -2.22. The number of amidine groups is 1. The highest BCUT2D eigenvalue weighted by Gasteiger charge is 2.23. The van der Waals surface area contributed by atoms with Crippen LogP contribution in [0.3, 0.4) is 0 Å². The van der Waals surface area contributed by atoms with Crippen molar-refractivity contribution in [1.82, 2.24) is 20.1 Å². The maximum atomic E-state index is 14.6. The lowest BCUT2D eigenvalue weighted by Crippen LogP contribution is -2.40. The Bertz CT molecular complexity index is 1210. The van der Waals surface area contributed by atoms with Crippen molar-refractivity contribution in [2.75, 3.05) is 23.8 Å². The molecule has 0 spiro atoms. The van der Waals surface area contributed by atoms with Crippen molar-refractivity contribution in [1.29, 1.82) is 0 Å². The number of benzene rings is 1. The van der Waals surface area contributed by atoms with Crippen LogP contribution in [-0.2, 0) is 0 Å². The van der Waals surface area contributed by atoms with Crippen LogP contribution in [0.1, 0.15) is 42.1 Å². The Kier molecular flexibility index (Phi) is 6.75. The normalized spacial score (nSPS) is 17.0. The van der Waals surface area contributed by atoms with Crippen molar-refractivity contribution in [2.45, 2.75) is 39.2 Å². The number of rotatable bonds is 4. The number of aromatic nitrogens is 3. The summed E-state index contributed by atoms with van der Waals surface area (Å²) in [4.78, 5) is 4.28. The van der Waals surface area contributed by atoms with Crippen LogP contribution in [0, 0.1) is 25.5 Å². The summed E-state index contributed by atoms with van der Waals surface area (Å²) in [6, 6.07) is 4.80. The Hall–Kier alpha value is -3.57. The number of hydrazine groups is 1. The van der Waals surface area contributed by atoms with Gasteiger partial charge in [0.25, 0.3) is 0 Å². The van der Waals surface area contributed by atoms with E-state index in [0.717, 1.165) is 54.2 Å². The molecule has 0 saturated carbocycles. The number of aryl methyl sites for hydroxylation is 2. The zero-order chi connectivity index (χ0) is 24.4. The lowest BCUT2D eigenvalue weighted by atomic mass is 10.1. The molecule has 180 valence electrons. The molecule has 3 aromatic rings. The SMILES string of the molecule is Cc1ccc(N(N)/C(=N\N)c2cc(-c3cn(C4CCCNCC4)nc3C)cnc2N)c(F)c1F. The van der Waals surface area contributed by atoms with Gasteiger partial charge in [-0.25, -0.2) is 19.6 Å². The fourth-order valence-electron chi connectivity index (χ4n) is 4.22. The third-order valence-electron chi connectivity index (χ3n) is 6.17. The van der Waals surface area contributed by atoms with Gasteiger partial charge in [-0.3, -0.25) is 9.69 Å². The number of nitrogen functional groups attached to an aromatic ring is 1. The van der Waals surface area contributed by atoms with Crippen LogP contribution in [0.25, 0.3) is 11.1 Å². The fraction of sp³-hybridized carbons (Fsp3) is 0.348. The highest BCUT2D eigenvalue weighted by atomic mass is 19.2. The molecule has 34 heavy (non-hydrogen) atoms. The van der Waals surface area contributed by atoms with Crippen molar-refractivity contribution in [3.8, 4) is 11.1 Å². The van der Waals surface area contributed by atoms with E-state index in [1.54, 1.807) is 12.3 Å². The Labute approximate surface area is 196 Å². The largest absolute Gasteiger partial charge is 0.383 e. The number of nitrogens with one attached hydrogen (secondary N) is 1. The van der Waals surface area contributed by atoms with E-state index in [1.807, 2.05) is 17.8 Å². The highest BCUT2D eigenvalue weighted by molar-refractivity contribution is 6.12. The molecule has 1 aliphatic rings. The Morgan fingerprint density at radius 3 is 2.76 bits per heavy atom. The molecule has 1 fully saturated rings. The van der Waals surface area contributed by atoms with Crippen molar-refractivity contribution in [2.24, 2.45) is 16.8 Å². The monoisotopic (exact) mass is 469 g/mol. The number of pyridine rings is 1. The molecule has 1 atom stereocenters. The van der Waals surface area contributed by atoms with Crippen LogP contribution < -0.4 is 27.7 Å². The van der Waals surface area contributed by atoms with E-state index in [-0.39, 0.29) is 28.5 Å². The van der Waals surface area contributed by atoms with Gasteiger partial charge in [0.2, 0.25) is 0 Å². The van der Waals surface area contributed by atoms with Crippen molar-refractivity contribution < 1.29 is 8.78 Å². The third kappa shape index (κ3) is 4.44. The smallest absolute Gasteiger partial charge is 0.184 e. The molecule has 1 saturated heterocycles. The van der Waals surface area contributed by atoms with Crippen LogP contribution in [0.15, 0.2) is 35.7 Å². The van der Waals surface area contributed by atoms with Gasteiger partial charge >= 0.3 is 0 Å². The van der Waals surface area contributed by atoms with Gasteiger partial charge in [-0.05, 0) is 63.9 Å². The molecular formula is C23H29F2N9. The van der Waals surface area contributed by atoms with Crippen LogP contribution >= 0.6 is 0 Å². The molecule has 0 radical (unpaired) electrons. The summed E-state index contributed by atoms with van der Waals surface area (Å²) in [5, 5.41) is 12.7. The van der Waals surface area contributed by atoms with Gasteiger partial charge < -0.3 is 16.9 Å². The van der Waals surface area contributed by atoms with Crippen LogP contribution in [0.4, 0.5) is 20.3 Å². The average Bonchev–Trinajstić information content (AvgIpc) is 3.02. The van der Waals surface area contributed by atoms with Gasteiger partial charge in [-0.15, -0.1) is 0 Å². The second-order valence-electron chi connectivity index (χ2n) is 8.45. The van der Waals surface area contributed by atoms with E-state index < -0.39 is 11.6 Å². The first kappa shape index (κ1) is 23.6. The van der Waals surface area contributed by atoms with Gasteiger partial charge in [0.05, 0.1) is 23.0 Å². The molecule has 2 aromatic heterocycles. The van der Waals surface area contributed by atoms with E-state index in [1.165, 1.54) is 19.1 Å². The number of halogens is 2. The quantitative estimate of drug-likeness (QED) is 0.200. The zero-order valence-corrected chi connectivity index (χ0v) is 19.2. The Morgan fingerprint density at radius 1 is 1.21 bits per heavy atom. The van der Waals surface area contributed by atoms with E-state index >= 15 is 0 Å². The molecule has 4 rings (SSSR count). The molecule has 11 heteroatoms. The molecule has 1 aromatic carbocycles. The molecule has 1 aliphatic heterocycles. The second kappa shape index (κ2) is 9.74. The third-order valence-corrected chi connectivity index (χ3v) is 6.17. The van der Waals surface area contributed by atoms with E-state index in [9.17, 15) is 8.78 Å².